The van der Waals surface area contributed by atoms with E-state index in [1.807, 2.05) is 32.0 Å². The molecule has 0 bridgehead atoms. The maximum Gasteiger partial charge on any atom is 0.338 e. The van der Waals surface area contributed by atoms with Gasteiger partial charge in [0.25, 0.3) is 5.91 Å². The van der Waals surface area contributed by atoms with Crippen molar-refractivity contribution in [1.29, 1.82) is 0 Å². The van der Waals surface area contributed by atoms with Crippen LogP contribution in [0.1, 0.15) is 38.8 Å². The minimum Gasteiger partial charge on any atom is -0.462 e. The Kier molecular flexibility index (Phi) is 4.94. The van der Waals surface area contributed by atoms with Crippen molar-refractivity contribution in [2.24, 2.45) is 0 Å². The third kappa shape index (κ3) is 3.73. The summed E-state index contributed by atoms with van der Waals surface area (Å²) in [6, 6.07) is 12.3. The van der Waals surface area contributed by atoms with Crippen LogP contribution in [0.15, 0.2) is 42.5 Å². The number of amides is 1. The summed E-state index contributed by atoms with van der Waals surface area (Å²) in [5.41, 5.74) is 3.79. The third-order valence-corrected chi connectivity index (χ3v) is 3.28. The van der Waals surface area contributed by atoms with E-state index >= 15 is 0 Å². The summed E-state index contributed by atoms with van der Waals surface area (Å²) >= 11 is 0. The van der Waals surface area contributed by atoms with E-state index in [1.54, 1.807) is 31.2 Å². The molecular formula is C18H19NO3. The number of nitrogens with one attached hydrogen (secondary N) is 1. The van der Waals surface area contributed by atoms with Crippen LogP contribution in [-0.4, -0.2) is 18.5 Å². The quantitative estimate of drug-likeness (QED) is 0.875. The van der Waals surface area contributed by atoms with Crippen molar-refractivity contribution in [3.63, 3.8) is 0 Å². The molecule has 0 radical (unpaired) electrons. The van der Waals surface area contributed by atoms with E-state index in [0.29, 0.717) is 23.4 Å². The van der Waals surface area contributed by atoms with Gasteiger partial charge in [0.05, 0.1) is 12.2 Å². The van der Waals surface area contributed by atoms with Crippen LogP contribution in [0.4, 0.5) is 5.69 Å². The molecule has 0 aliphatic heterocycles. The summed E-state index contributed by atoms with van der Waals surface area (Å²) in [5.74, 6) is -0.531. The first-order valence-electron chi connectivity index (χ1n) is 7.17. The van der Waals surface area contributed by atoms with Crippen molar-refractivity contribution in [1.82, 2.24) is 0 Å². The van der Waals surface area contributed by atoms with E-state index in [4.69, 9.17) is 4.74 Å². The lowest BCUT2D eigenvalue weighted by Gasteiger charge is -2.09. The highest BCUT2D eigenvalue weighted by Crippen LogP contribution is 2.15. The first-order chi connectivity index (χ1) is 10.5. The molecule has 4 nitrogen and oxygen atoms in total. The molecule has 2 rings (SSSR count). The molecular weight excluding hydrogens is 278 g/mol. The Morgan fingerprint density at radius 1 is 1.05 bits per heavy atom. The van der Waals surface area contributed by atoms with Crippen LogP contribution in [0.5, 0.6) is 0 Å². The summed E-state index contributed by atoms with van der Waals surface area (Å²) in [7, 11) is 0. The first-order valence-corrected chi connectivity index (χ1v) is 7.17. The molecule has 0 saturated carbocycles. The lowest BCUT2D eigenvalue weighted by Crippen LogP contribution is -2.13. The molecule has 0 saturated heterocycles. The average Bonchev–Trinajstić information content (AvgIpc) is 2.48. The number of aryl methyl sites for hydroxylation is 2. The number of rotatable bonds is 4. The van der Waals surface area contributed by atoms with Crippen molar-refractivity contribution >= 4 is 17.6 Å². The largest absolute Gasteiger partial charge is 0.462 e. The fourth-order valence-corrected chi connectivity index (χ4v) is 2.17. The molecule has 114 valence electrons. The predicted octanol–water partition coefficient (Wildman–Crippen LogP) is 3.73. The normalized spacial score (nSPS) is 10.1. The fourth-order valence-electron chi connectivity index (χ4n) is 2.17. The minimum atomic E-state index is -0.366. The van der Waals surface area contributed by atoms with Crippen LogP contribution in [0.25, 0.3) is 0 Å². The second-order valence-corrected chi connectivity index (χ2v) is 5.07. The molecule has 0 aliphatic carbocycles. The molecule has 0 fully saturated rings. The van der Waals surface area contributed by atoms with Crippen molar-refractivity contribution in [2.75, 3.05) is 11.9 Å². The van der Waals surface area contributed by atoms with Gasteiger partial charge in [0, 0.05) is 11.3 Å². The molecule has 0 spiro atoms. The maximum atomic E-state index is 12.3. The lowest BCUT2D eigenvalue weighted by atomic mass is 10.1. The lowest BCUT2D eigenvalue weighted by molar-refractivity contribution is 0.0526. The van der Waals surface area contributed by atoms with Crippen molar-refractivity contribution < 1.29 is 14.3 Å². The van der Waals surface area contributed by atoms with E-state index in [0.717, 1.165) is 11.1 Å². The third-order valence-electron chi connectivity index (χ3n) is 3.28. The number of benzene rings is 2. The molecule has 0 aliphatic rings. The van der Waals surface area contributed by atoms with Gasteiger partial charge in [0.15, 0.2) is 0 Å². The monoisotopic (exact) mass is 297 g/mol. The summed E-state index contributed by atoms with van der Waals surface area (Å²) in [5, 5.41) is 2.83. The zero-order valence-electron chi connectivity index (χ0n) is 13.0. The summed E-state index contributed by atoms with van der Waals surface area (Å²) in [4.78, 5) is 23.8. The van der Waals surface area contributed by atoms with Crippen LogP contribution >= 0.6 is 0 Å². The van der Waals surface area contributed by atoms with Crippen molar-refractivity contribution in [3.05, 3.63) is 64.7 Å². The molecule has 1 amide bonds. The molecule has 1 N–H and O–H groups in total. The standard InChI is InChI=1S/C18H19NO3/c1-4-22-18(21)14-6-8-15(9-7-14)19-17(20)16-10-5-12(2)11-13(16)3/h5-11H,4H2,1-3H3,(H,19,20). The molecule has 0 atom stereocenters. The molecule has 0 aromatic heterocycles. The zero-order chi connectivity index (χ0) is 16.1. The smallest absolute Gasteiger partial charge is 0.338 e. The topological polar surface area (TPSA) is 55.4 Å². The second kappa shape index (κ2) is 6.89. The van der Waals surface area contributed by atoms with Gasteiger partial charge in [0.1, 0.15) is 0 Å². The number of carbonyl (C=O) groups excluding carboxylic acids is 2. The van der Waals surface area contributed by atoms with E-state index in [2.05, 4.69) is 5.32 Å². The van der Waals surface area contributed by atoms with Gasteiger partial charge in [-0.25, -0.2) is 4.79 Å². The Bertz CT molecular complexity index is 690. The van der Waals surface area contributed by atoms with Gasteiger partial charge in [-0.15, -0.1) is 0 Å². The zero-order valence-corrected chi connectivity index (χ0v) is 13.0. The van der Waals surface area contributed by atoms with Crippen LogP contribution in [-0.2, 0) is 4.74 Å². The van der Waals surface area contributed by atoms with E-state index in [9.17, 15) is 9.59 Å². The Balaban J connectivity index is 2.10. The number of carbonyl (C=O) groups is 2. The van der Waals surface area contributed by atoms with Gasteiger partial charge in [-0.1, -0.05) is 17.7 Å². The number of anilines is 1. The Labute approximate surface area is 130 Å². The van der Waals surface area contributed by atoms with Crippen molar-refractivity contribution in [3.8, 4) is 0 Å². The Hall–Kier alpha value is -2.62. The fraction of sp³-hybridized carbons (Fsp3) is 0.222. The molecule has 2 aromatic rings. The van der Waals surface area contributed by atoms with E-state index < -0.39 is 0 Å². The van der Waals surface area contributed by atoms with Gasteiger partial charge in [-0.05, 0) is 56.7 Å². The van der Waals surface area contributed by atoms with Crippen LogP contribution < -0.4 is 5.32 Å². The minimum absolute atomic E-state index is 0.165. The Morgan fingerprint density at radius 2 is 1.73 bits per heavy atom. The van der Waals surface area contributed by atoms with Gasteiger partial charge in [-0.3, -0.25) is 4.79 Å². The molecule has 2 aromatic carbocycles. The number of esters is 1. The summed E-state index contributed by atoms with van der Waals surface area (Å²) in [6.45, 7) is 6.00. The molecule has 0 heterocycles. The second-order valence-electron chi connectivity index (χ2n) is 5.07. The van der Waals surface area contributed by atoms with Crippen LogP contribution in [0.3, 0.4) is 0 Å². The van der Waals surface area contributed by atoms with Gasteiger partial charge in [0.2, 0.25) is 0 Å². The Morgan fingerprint density at radius 3 is 2.32 bits per heavy atom. The average molecular weight is 297 g/mol. The summed E-state index contributed by atoms with van der Waals surface area (Å²) in [6.07, 6.45) is 0. The highest BCUT2D eigenvalue weighted by atomic mass is 16.5. The highest BCUT2D eigenvalue weighted by Gasteiger charge is 2.10. The first kappa shape index (κ1) is 15.8. The van der Waals surface area contributed by atoms with E-state index in [-0.39, 0.29) is 11.9 Å². The predicted molar refractivity (Wildman–Crippen MR) is 86.3 cm³/mol. The van der Waals surface area contributed by atoms with Gasteiger partial charge in [-0.2, -0.15) is 0 Å². The SMILES string of the molecule is CCOC(=O)c1ccc(NC(=O)c2ccc(C)cc2C)cc1. The number of hydrogen-bond acceptors (Lipinski definition) is 3. The van der Waals surface area contributed by atoms with Crippen LogP contribution in [0.2, 0.25) is 0 Å². The van der Waals surface area contributed by atoms with Gasteiger partial charge >= 0.3 is 5.97 Å². The maximum absolute atomic E-state index is 12.3. The number of hydrogen-bond donors (Lipinski definition) is 1. The molecule has 4 heteroatoms. The van der Waals surface area contributed by atoms with Gasteiger partial charge < -0.3 is 10.1 Å². The number of ether oxygens (including phenoxy) is 1. The van der Waals surface area contributed by atoms with Crippen LogP contribution in [0, 0.1) is 13.8 Å². The van der Waals surface area contributed by atoms with E-state index in [1.165, 1.54) is 0 Å². The highest BCUT2D eigenvalue weighted by molar-refractivity contribution is 6.05. The molecule has 22 heavy (non-hydrogen) atoms. The summed E-state index contributed by atoms with van der Waals surface area (Å²) < 4.78 is 4.92. The van der Waals surface area contributed by atoms with Crippen molar-refractivity contribution in [2.45, 2.75) is 20.8 Å². The molecule has 0 unspecified atom stereocenters.